The minimum Gasteiger partial charge on any atom is -0.502 e. The number of aromatic amines is 1. The van der Waals surface area contributed by atoms with Crippen LogP contribution in [0.15, 0.2) is 42.5 Å². The van der Waals surface area contributed by atoms with Crippen molar-refractivity contribution in [3.05, 3.63) is 53.6 Å². The smallest absolute Gasteiger partial charge is 0.226 e. The zero-order valence-electron chi connectivity index (χ0n) is 15.4. The fraction of sp³-hybridized carbons (Fsp3) is 0.200. The molecule has 0 aliphatic carbocycles. The molecule has 144 valence electrons. The second-order valence-corrected chi connectivity index (χ2v) is 6.43. The number of amides is 1. The van der Waals surface area contributed by atoms with E-state index in [-0.39, 0.29) is 35.5 Å². The van der Waals surface area contributed by atoms with Crippen molar-refractivity contribution in [2.24, 2.45) is 0 Å². The highest BCUT2D eigenvalue weighted by Gasteiger charge is 2.33. The summed E-state index contributed by atoms with van der Waals surface area (Å²) in [7, 11) is 2.94. The van der Waals surface area contributed by atoms with Crippen molar-refractivity contribution in [2.45, 2.75) is 12.3 Å². The number of ether oxygens (including phenoxy) is 2. The van der Waals surface area contributed by atoms with Gasteiger partial charge in [-0.1, -0.05) is 18.2 Å². The van der Waals surface area contributed by atoms with Gasteiger partial charge in [-0.25, -0.2) is 0 Å². The van der Waals surface area contributed by atoms with E-state index >= 15 is 0 Å². The molecule has 1 aliphatic heterocycles. The number of nitrogens with zero attached hydrogens (tertiary/aromatic N) is 1. The molecule has 0 spiro atoms. The van der Waals surface area contributed by atoms with Crippen LogP contribution in [0.4, 0.5) is 17.3 Å². The predicted molar refractivity (Wildman–Crippen MR) is 105 cm³/mol. The van der Waals surface area contributed by atoms with Crippen LogP contribution >= 0.6 is 0 Å². The Morgan fingerprint density at radius 1 is 1.14 bits per heavy atom. The van der Waals surface area contributed by atoms with Gasteiger partial charge in [0.25, 0.3) is 0 Å². The summed E-state index contributed by atoms with van der Waals surface area (Å²) >= 11 is 0. The van der Waals surface area contributed by atoms with E-state index in [0.717, 1.165) is 16.8 Å². The summed E-state index contributed by atoms with van der Waals surface area (Å²) in [6.45, 7) is 0. The molecule has 4 N–H and O–H groups in total. The molecular weight excluding hydrogens is 360 g/mol. The Morgan fingerprint density at radius 2 is 1.82 bits per heavy atom. The minimum atomic E-state index is -0.294. The van der Waals surface area contributed by atoms with Crippen molar-refractivity contribution in [2.75, 3.05) is 24.9 Å². The molecule has 3 aromatic rings. The van der Waals surface area contributed by atoms with Crippen molar-refractivity contribution in [3.63, 3.8) is 0 Å². The van der Waals surface area contributed by atoms with Crippen LogP contribution in [-0.4, -0.2) is 35.4 Å². The molecule has 8 nitrogen and oxygen atoms in total. The monoisotopic (exact) mass is 380 g/mol. The minimum absolute atomic E-state index is 0.0796. The van der Waals surface area contributed by atoms with E-state index in [1.807, 2.05) is 30.3 Å². The third-order valence-electron chi connectivity index (χ3n) is 4.75. The molecule has 1 aromatic heterocycles. The number of aromatic hydroxyl groups is 1. The van der Waals surface area contributed by atoms with Gasteiger partial charge in [-0.05, 0) is 29.8 Å². The number of carbonyl (C=O) groups is 1. The molecule has 0 saturated carbocycles. The first-order valence-corrected chi connectivity index (χ1v) is 8.75. The van der Waals surface area contributed by atoms with Crippen LogP contribution in [0.5, 0.6) is 17.2 Å². The Balaban J connectivity index is 1.80. The van der Waals surface area contributed by atoms with Gasteiger partial charge in [0.2, 0.25) is 11.7 Å². The normalized spacial score (nSPS) is 15.5. The Morgan fingerprint density at radius 3 is 2.46 bits per heavy atom. The van der Waals surface area contributed by atoms with Gasteiger partial charge in [0.05, 0.1) is 14.2 Å². The summed E-state index contributed by atoms with van der Waals surface area (Å²) in [6, 6.07) is 13.1. The molecule has 1 aliphatic rings. The van der Waals surface area contributed by atoms with Crippen molar-refractivity contribution in [1.29, 1.82) is 0 Å². The van der Waals surface area contributed by atoms with E-state index in [2.05, 4.69) is 20.8 Å². The standard InChI is InChI=1S/C20H20N4O4/c1-27-14-8-11(9-15(28-2)18(14)26)13-10-16(25)22-20-17(13)19(23-24-20)21-12-6-4-3-5-7-12/h3-9,13,26H,10H2,1-2H3,(H3,21,22,23,24,25)/t13-/m0/s1. The molecule has 0 fully saturated rings. The number of para-hydroxylation sites is 1. The van der Waals surface area contributed by atoms with Gasteiger partial charge in [0, 0.05) is 23.6 Å². The van der Waals surface area contributed by atoms with Crippen molar-refractivity contribution >= 4 is 23.2 Å². The number of rotatable bonds is 5. The number of aromatic nitrogens is 2. The molecule has 0 saturated heterocycles. The lowest BCUT2D eigenvalue weighted by Crippen LogP contribution is -2.23. The fourth-order valence-corrected chi connectivity index (χ4v) is 3.42. The lowest BCUT2D eigenvalue weighted by molar-refractivity contribution is -0.116. The Hall–Kier alpha value is -3.68. The number of nitrogens with one attached hydrogen (secondary N) is 3. The van der Waals surface area contributed by atoms with Crippen molar-refractivity contribution < 1.29 is 19.4 Å². The molecule has 0 radical (unpaired) electrons. The quantitative estimate of drug-likeness (QED) is 0.541. The lowest BCUT2D eigenvalue weighted by Gasteiger charge is -2.24. The highest BCUT2D eigenvalue weighted by molar-refractivity contribution is 5.95. The summed E-state index contributed by atoms with van der Waals surface area (Å²) < 4.78 is 10.5. The number of phenols is 1. The molecule has 28 heavy (non-hydrogen) atoms. The van der Waals surface area contributed by atoms with Gasteiger partial charge >= 0.3 is 0 Å². The first-order valence-electron chi connectivity index (χ1n) is 8.75. The number of hydrogen-bond donors (Lipinski definition) is 4. The van der Waals surface area contributed by atoms with Gasteiger partial charge in [0.15, 0.2) is 17.3 Å². The summed E-state index contributed by atoms with van der Waals surface area (Å²) in [5, 5.41) is 23.5. The van der Waals surface area contributed by atoms with E-state index in [1.165, 1.54) is 14.2 Å². The van der Waals surface area contributed by atoms with E-state index in [9.17, 15) is 9.90 Å². The molecule has 1 amide bonds. The van der Waals surface area contributed by atoms with Crippen LogP contribution in [0.25, 0.3) is 0 Å². The highest BCUT2D eigenvalue weighted by atomic mass is 16.5. The topological polar surface area (TPSA) is 108 Å². The molecule has 8 heteroatoms. The number of anilines is 3. The van der Waals surface area contributed by atoms with Crippen LogP contribution in [-0.2, 0) is 4.79 Å². The molecule has 0 unspecified atom stereocenters. The predicted octanol–water partition coefficient (Wildman–Crippen LogP) is 3.35. The molecule has 1 atom stereocenters. The number of carbonyl (C=O) groups excluding carboxylic acids is 1. The fourth-order valence-electron chi connectivity index (χ4n) is 3.42. The third kappa shape index (κ3) is 3.09. The van der Waals surface area contributed by atoms with Crippen LogP contribution < -0.4 is 20.1 Å². The molecule has 4 rings (SSSR count). The van der Waals surface area contributed by atoms with Gasteiger partial charge < -0.3 is 25.2 Å². The van der Waals surface area contributed by atoms with Crippen LogP contribution in [0, 0.1) is 0 Å². The summed E-state index contributed by atoms with van der Waals surface area (Å²) in [5.74, 6) is 1.22. The Bertz CT molecular complexity index is 991. The molecule has 2 heterocycles. The van der Waals surface area contributed by atoms with Gasteiger partial charge in [-0.2, -0.15) is 5.10 Å². The van der Waals surface area contributed by atoms with Crippen LogP contribution in [0.1, 0.15) is 23.5 Å². The lowest BCUT2D eigenvalue weighted by atomic mass is 9.86. The van der Waals surface area contributed by atoms with E-state index in [4.69, 9.17) is 9.47 Å². The van der Waals surface area contributed by atoms with Crippen molar-refractivity contribution in [1.82, 2.24) is 10.2 Å². The summed E-state index contributed by atoms with van der Waals surface area (Å²) in [5.41, 5.74) is 2.50. The van der Waals surface area contributed by atoms with E-state index in [1.54, 1.807) is 12.1 Å². The molecule has 0 bridgehead atoms. The van der Waals surface area contributed by atoms with Gasteiger partial charge in [-0.3, -0.25) is 9.89 Å². The number of phenolic OH excluding ortho intramolecular Hbond substituents is 1. The first-order chi connectivity index (χ1) is 13.6. The molecular formula is C20H20N4O4. The maximum Gasteiger partial charge on any atom is 0.226 e. The summed E-state index contributed by atoms with van der Waals surface area (Å²) in [6.07, 6.45) is 0.229. The van der Waals surface area contributed by atoms with Gasteiger partial charge in [0.1, 0.15) is 5.82 Å². The maximum absolute atomic E-state index is 12.3. The van der Waals surface area contributed by atoms with E-state index < -0.39 is 0 Å². The number of H-pyrrole nitrogens is 1. The van der Waals surface area contributed by atoms with E-state index in [0.29, 0.717) is 11.6 Å². The first kappa shape index (κ1) is 17.7. The maximum atomic E-state index is 12.3. The molecule has 2 aromatic carbocycles. The average molecular weight is 380 g/mol. The summed E-state index contributed by atoms with van der Waals surface area (Å²) in [4.78, 5) is 12.3. The SMILES string of the molecule is COc1cc([C@@H]2CC(=O)Nc3n[nH]c(Nc4ccccc4)c32)cc(OC)c1O. The number of fused-ring (bicyclic) bond motifs is 1. The second kappa shape index (κ2) is 7.15. The zero-order chi connectivity index (χ0) is 19.7. The second-order valence-electron chi connectivity index (χ2n) is 6.43. The highest BCUT2D eigenvalue weighted by Crippen LogP contribution is 2.45. The zero-order valence-corrected chi connectivity index (χ0v) is 15.4. The number of methoxy groups -OCH3 is 2. The number of hydrogen-bond acceptors (Lipinski definition) is 6. The van der Waals surface area contributed by atoms with Crippen LogP contribution in [0.2, 0.25) is 0 Å². The van der Waals surface area contributed by atoms with Crippen LogP contribution in [0.3, 0.4) is 0 Å². The average Bonchev–Trinajstić information content (AvgIpc) is 3.10. The van der Waals surface area contributed by atoms with Gasteiger partial charge in [-0.15, -0.1) is 0 Å². The number of benzene rings is 2. The third-order valence-corrected chi connectivity index (χ3v) is 4.75. The Labute approximate surface area is 161 Å². The Kier molecular flexibility index (Phi) is 4.52. The largest absolute Gasteiger partial charge is 0.502 e. The van der Waals surface area contributed by atoms with Crippen molar-refractivity contribution in [3.8, 4) is 17.2 Å².